The molecule has 0 spiro atoms. The topological polar surface area (TPSA) is 237 Å². The van der Waals surface area contributed by atoms with Crippen LogP contribution >= 0.6 is 15.6 Å². The molecule has 3 N–H and O–H groups in total. The van der Waals surface area contributed by atoms with Crippen molar-refractivity contribution in [3.63, 3.8) is 0 Å². The highest BCUT2D eigenvalue weighted by Crippen LogP contribution is 2.45. The standard InChI is InChI=1S/C74H144O17P2/c1-6-9-12-15-18-21-22-23-24-25-26-27-28-29-30-31-34-40-45-50-55-60-74(79)91-70(64-85-72(77)58-53-48-43-39-35-32-33-38-41-46-51-56-67(4)5)66-89-93(82,83)87-62-68(75)61-86-92(80,81)88-65-69(90-73(78)59-54-49-44-37-20-17-14-11-8-3)63-84-71(76)57-52-47-42-36-19-16-13-10-7-2/h67-70,75H,6-66H2,1-5H3,(H,80,81)(H,82,83)/t68-,69+,70+/m0/s1. The van der Waals surface area contributed by atoms with E-state index in [0.717, 1.165) is 95.8 Å². The number of phosphoric ester groups is 2. The van der Waals surface area contributed by atoms with Crippen LogP contribution < -0.4 is 0 Å². The Balaban J connectivity index is 5.16. The summed E-state index contributed by atoms with van der Waals surface area (Å²) >= 11 is 0. The minimum atomic E-state index is -4.95. The summed E-state index contributed by atoms with van der Waals surface area (Å²) in [6.07, 6.45) is 55.6. The minimum absolute atomic E-state index is 0.106. The second-order valence-electron chi connectivity index (χ2n) is 27.2. The number of esters is 4. The van der Waals surface area contributed by atoms with Gasteiger partial charge in [0.1, 0.15) is 19.3 Å². The molecule has 0 bridgehead atoms. The third-order valence-electron chi connectivity index (χ3n) is 17.3. The monoisotopic (exact) mass is 1370 g/mol. The highest BCUT2D eigenvalue weighted by molar-refractivity contribution is 7.47. The van der Waals surface area contributed by atoms with Gasteiger partial charge in [0.2, 0.25) is 0 Å². The summed E-state index contributed by atoms with van der Waals surface area (Å²) in [6, 6.07) is 0. The molecule has 0 rings (SSSR count). The second kappa shape index (κ2) is 67.3. The van der Waals surface area contributed by atoms with Gasteiger partial charge in [-0.05, 0) is 31.6 Å². The lowest BCUT2D eigenvalue weighted by Crippen LogP contribution is -2.30. The molecular weight excluding hydrogens is 1220 g/mol. The largest absolute Gasteiger partial charge is 0.472 e. The van der Waals surface area contributed by atoms with Gasteiger partial charge in [0.15, 0.2) is 12.2 Å². The number of aliphatic hydroxyl groups is 1. The third kappa shape index (κ3) is 68.4. The van der Waals surface area contributed by atoms with Gasteiger partial charge in [0.25, 0.3) is 0 Å². The number of ether oxygens (including phenoxy) is 4. The average Bonchev–Trinajstić information content (AvgIpc) is 2.51. The third-order valence-corrected chi connectivity index (χ3v) is 19.2. The van der Waals surface area contributed by atoms with Crippen molar-refractivity contribution in [1.29, 1.82) is 0 Å². The summed E-state index contributed by atoms with van der Waals surface area (Å²) in [5.41, 5.74) is 0. The molecule has 0 fully saturated rings. The molecule has 552 valence electrons. The van der Waals surface area contributed by atoms with Crippen LogP contribution in [0.2, 0.25) is 0 Å². The van der Waals surface area contributed by atoms with Crippen molar-refractivity contribution in [3.8, 4) is 0 Å². The van der Waals surface area contributed by atoms with Crippen molar-refractivity contribution in [3.05, 3.63) is 0 Å². The van der Waals surface area contributed by atoms with Crippen LogP contribution in [0.4, 0.5) is 0 Å². The lowest BCUT2D eigenvalue weighted by Gasteiger charge is -2.21. The van der Waals surface area contributed by atoms with E-state index in [-0.39, 0.29) is 25.7 Å². The highest BCUT2D eigenvalue weighted by Gasteiger charge is 2.30. The summed E-state index contributed by atoms with van der Waals surface area (Å²) in [7, 11) is -9.90. The van der Waals surface area contributed by atoms with Gasteiger partial charge in [-0.15, -0.1) is 0 Å². The quantitative estimate of drug-likeness (QED) is 0.0222. The SMILES string of the molecule is CCCCCCCCCCCCCCCCCCCCCCCC(=O)O[C@H](COC(=O)CCCCCCCCCCCCCC(C)C)COP(=O)(O)OC[C@@H](O)COP(=O)(O)OC[C@@H](COC(=O)CCCCCCCCCCC)OC(=O)CCCCCCCCCCC. The molecular formula is C74H144O17P2. The number of carbonyl (C=O) groups excluding carboxylic acids is 4. The summed E-state index contributed by atoms with van der Waals surface area (Å²) in [6.45, 7) is 7.24. The van der Waals surface area contributed by atoms with Gasteiger partial charge in [0.05, 0.1) is 26.4 Å². The van der Waals surface area contributed by atoms with E-state index in [1.165, 1.54) is 212 Å². The van der Waals surface area contributed by atoms with E-state index < -0.39 is 97.5 Å². The maximum Gasteiger partial charge on any atom is 0.472 e. The van der Waals surface area contributed by atoms with E-state index in [4.69, 9.17) is 37.0 Å². The van der Waals surface area contributed by atoms with Crippen molar-refractivity contribution in [2.24, 2.45) is 5.92 Å². The maximum absolute atomic E-state index is 13.1. The first kappa shape index (κ1) is 91.1. The molecule has 0 heterocycles. The molecule has 17 nitrogen and oxygen atoms in total. The molecule has 5 atom stereocenters. The molecule has 0 radical (unpaired) electrons. The molecule has 93 heavy (non-hydrogen) atoms. The van der Waals surface area contributed by atoms with Crippen molar-refractivity contribution in [2.75, 3.05) is 39.6 Å². The number of unbranched alkanes of at least 4 members (excludes halogenated alkanes) is 46. The Morgan fingerprint density at radius 1 is 0.290 bits per heavy atom. The summed E-state index contributed by atoms with van der Waals surface area (Å²) in [5.74, 6) is -1.35. The molecule has 0 aliphatic carbocycles. The van der Waals surface area contributed by atoms with Gasteiger partial charge < -0.3 is 33.8 Å². The van der Waals surface area contributed by atoms with Gasteiger partial charge in [-0.25, -0.2) is 9.13 Å². The number of aliphatic hydroxyl groups excluding tert-OH is 1. The van der Waals surface area contributed by atoms with Gasteiger partial charge in [-0.1, -0.05) is 336 Å². The Hall–Kier alpha value is -1.94. The van der Waals surface area contributed by atoms with Crippen LogP contribution in [-0.4, -0.2) is 96.7 Å². The fourth-order valence-corrected chi connectivity index (χ4v) is 12.9. The summed E-state index contributed by atoms with van der Waals surface area (Å²) < 4.78 is 68.3. The zero-order chi connectivity index (χ0) is 68.4. The number of phosphoric acid groups is 2. The predicted molar refractivity (Wildman–Crippen MR) is 377 cm³/mol. The Morgan fingerprint density at radius 2 is 0.495 bits per heavy atom. The predicted octanol–water partition coefficient (Wildman–Crippen LogP) is 21.7. The highest BCUT2D eigenvalue weighted by atomic mass is 31.2. The summed E-state index contributed by atoms with van der Waals surface area (Å²) in [5, 5.41) is 10.6. The zero-order valence-corrected chi connectivity index (χ0v) is 62.2. The molecule has 19 heteroatoms. The lowest BCUT2D eigenvalue weighted by atomic mass is 10.0. The smallest absolute Gasteiger partial charge is 0.462 e. The van der Waals surface area contributed by atoms with Crippen LogP contribution in [0.25, 0.3) is 0 Å². The van der Waals surface area contributed by atoms with E-state index in [1.807, 2.05) is 0 Å². The van der Waals surface area contributed by atoms with Crippen molar-refractivity contribution >= 4 is 39.5 Å². The Labute approximate surface area is 568 Å². The van der Waals surface area contributed by atoms with Crippen LogP contribution in [0.3, 0.4) is 0 Å². The first-order chi connectivity index (χ1) is 45.0. The molecule has 0 saturated carbocycles. The molecule has 0 aliphatic heterocycles. The number of rotatable bonds is 74. The molecule has 2 unspecified atom stereocenters. The van der Waals surface area contributed by atoms with Crippen molar-refractivity contribution in [1.82, 2.24) is 0 Å². The normalized spacial score (nSPS) is 14.0. The van der Waals surface area contributed by atoms with Crippen LogP contribution in [0.1, 0.15) is 388 Å². The molecule has 0 saturated heterocycles. The van der Waals surface area contributed by atoms with Crippen molar-refractivity contribution < 1.29 is 80.2 Å². The van der Waals surface area contributed by atoms with E-state index in [9.17, 15) is 43.2 Å². The Morgan fingerprint density at radius 3 is 0.731 bits per heavy atom. The number of carbonyl (C=O) groups is 4. The van der Waals surface area contributed by atoms with Crippen LogP contribution in [0, 0.1) is 5.92 Å². The number of hydrogen-bond donors (Lipinski definition) is 3. The Bertz CT molecular complexity index is 1790. The Kier molecular flexibility index (Phi) is 65.9. The van der Waals surface area contributed by atoms with E-state index in [2.05, 4.69) is 34.6 Å². The molecule has 0 aliphatic rings. The zero-order valence-electron chi connectivity index (χ0n) is 60.4. The fraction of sp³-hybridized carbons (Fsp3) is 0.946. The summed E-state index contributed by atoms with van der Waals surface area (Å²) in [4.78, 5) is 72.6. The van der Waals surface area contributed by atoms with E-state index in [1.54, 1.807) is 0 Å². The van der Waals surface area contributed by atoms with Crippen LogP contribution in [0.15, 0.2) is 0 Å². The maximum atomic E-state index is 13.1. The van der Waals surface area contributed by atoms with E-state index in [0.29, 0.717) is 25.7 Å². The van der Waals surface area contributed by atoms with Gasteiger partial charge >= 0.3 is 39.5 Å². The lowest BCUT2D eigenvalue weighted by molar-refractivity contribution is -0.161. The first-order valence-corrected chi connectivity index (χ1v) is 41.6. The van der Waals surface area contributed by atoms with Gasteiger partial charge in [0, 0.05) is 25.7 Å². The average molecular weight is 1370 g/mol. The fourth-order valence-electron chi connectivity index (χ4n) is 11.4. The van der Waals surface area contributed by atoms with E-state index >= 15 is 0 Å². The molecule has 0 aromatic rings. The second-order valence-corrected chi connectivity index (χ2v) is 30.1. The van der Waals surface area contributed by atoms with Crippen LogP contribution in [-0.2, 0) is 65.4 Å². The molecule has 0 amide bonds. The van der Waals surface area contributed by atoms with Crippen LogP contribution in [0.5, 0.6) is 0 Å². The first-order valence-electron chi connectivity index (χ1n) is 38.6. The molecule has 0 aromatic heterocycles. The van der Waals surface area contributed by atoms with Crippen molar-refractivity contribution in [2.45, 2.75) is 406 Å². The minimum Gasteiger partial charge on any atom is -0.462 e. The van der Waals surface area contributed by atoms with Gasteiger partial charge in [-0.2, -0.15) is 0 Å². The number of hydrogen-bond acceptors (Lipinski definition) is 15. The van der Waals surface area contributed by atoms with Gasteiger partial charge in [-0.3, -0.25) is 37.3 Å². The molecule has 0 aromatic carbocycles.